The summed E-state index contributed by atoms with van der Waals surface area (Å²) < 4.78 is 0. The second-order valence-corrected chi connectivity index (χ2v) is 7.00. The van der Waals surface area contributed by atoms with Gasteiger partial charge in [0, 0.05) is 18.6 Å². The second-order valence-electron chi connectivity index (χ2n) is 7.00. The van der Waals surface area contributed by atoms with Gasteiger partial charge in [0.25, 0.3) is 0 Å². The molecule has 0 radical (unpaired) electrons. The molecule has 2 heterocycles. The molecule has 1 aliphatic carbocycles. The highest BCUT2D eigenvalue weighted by Crippen LogP contribution is 2.38. The zero-order valence-electron chi connectivity index (χ0n) is 11.5. The Bertz CT molecular complexity index is 254. The minimum atomic E-state index is 0.868. The van der Waals surface area contributed by atoms with E-state index in [2.05, 4.69) is 24.2 Å². The first-order valence-corrected chi connectivity index (χ1v) is 7.65. The SMILES string of the molecule is CC1CC1CN(C)CCC1CC2CCC(C1)N2. The predicted molar refractivity (Wildman–Crippen MR) is 72.1 cm³/mol. The Labute approximate surface area is 106 Å². The van der Waals surface area contributed by atoms with E-state index in [0.29, 0.717) is 0 Å². The fourth-order valence-electron chi connectivity index (χ4n) is 3.96. The van der Waals surface area contributed by atoms with Crippen LogP contribution in [0.5, 0.6) is 0 Å². The largest absolute Gasteiger partial charge is 0.311 e. The number of fused-ring (bicyclic) bond motifs is 2. The molecule has 0 aromatic carbocycles. The van der Waals surface area contributed by atoms with E-state index in [1.54, 1.807) is 0 Å². The van der Waals surface area contributed by atoms with Gasteiger partial charge >= 0.3 is 0 Å². The normalized spacial score (nSPS) is 44.3. The molecule has 2 nitrogen and oxygen atoms in total. The smallest absolute Gasteiger partial charge is 0.00728 e. The first-order valence-electron chi connectivity index (χ1n) is 7.65. The number of rotatable bonds is 5. The van der Waals surface area contributed by atoms with Gasteiger partial charge in [-0.2, -0.15) is 0 Å². The van der Waals surface area contributed by atoms with Crippen molar-refractivity contribution in [3.8, 4) is 0 Å². The van der Waals surface area contributed by atoms with Crippen molar-refractivity contribution < 1.29 is 0 Å². The van der Waals surface area contributed by atoms with E-state index in [4.69, 9.17) is 0 Å². The molecular formula is C15H28N2. The Balaban J connectivity index is 1.36. The Morgan fingerprint density at radius 3 is 2.35 bits per heavy atom. The minimum absolute atomic E-state index is 0.868. The Hall–Kier alpha value is -0.0800. The van der Waals surface area contributed by atoms with Crippen LogP contribution in [0.3, 0.4) is 0 Å². The van der Waals surface area contributed by atoms with E-state index < -0.39 is 0 Å². The van der Waals surface area contributed by atoms with Crippen LogP contribution < -0.4 is 5.32 Å². The standard InChI is InChI=1S/C15H28N2/c1-11-7-13(11)10-17(2)6-5-12-8-14-3-4-15(9-12)16-14/h11-16H,3-10H2,1-2H3. The van der Waals surface area contributed by atoms with E-state index in [1.165, 1.54) is 51.6 Å². The van der Waals surface area contributed by atoms with Crippen LogP contribution >= 0.6 is 0 Å². The predicted octanol–water partition coefficient (Wildman–Crippen LogP) is 2.49. The summed E-state index contributed by atoms with van der Waals surface area (Å²) in [5.41, 5.74) is 0. The van der Waals surface area contributed by atoms with E-state index in [1.807, 2.05) is 0 Å². The van der Waals surface area contributed by atoms with Crippen LogP contribution in [-0.4, -0.2) is 37.1 Å². The van der Waals surface area contributed by atoms with Crippen LogP contribution in [0.15, 0.2) is 0 Å². The number of nitrogens with one attached hydrogen (secondary N) is 1. The topological polar surface area (TPSA) is 15.3 Å². The first kappa shape index (κ1) is 12.0. The third-order valence-electron chi connectivity index (χ3n) is 5.31. The highest BCUT2D eigenvalue weighted by Gasteiger charge is 2.34. The average molecular weight is 236 g/mol. The van der Waals surface area contributed by atoms with Gasteiger partial charge in [-0.1, -0.05) is 6.92 Å². The van der Waals surface area contributed by atoms with Gasteiger partial charge < -0.3 is 10.2 Å². The molecule has 2 saturated heterocycles. The van der Waals surface area contributed by atoms with Crippen LogP contribution in [0.4, 0.5) is 0 Å². The molecule has 4 atom stereocenters. The molecule has 17 heavy (non-hydrogen) atoms. The molecule has 3 fully saturated rings. The molecule has 0 amide bonds. The van der Waals surface area contributed by atoms with E-state index >= 15 is 0 Å². The van der Waals surface area contributed by atoms with Crippen molar-refractivity contribution in [1.82, 2.24) is 10.2 Å². The first-order chi connectivity index (χ1) is 8.20. The van der Waals surface area contributed by atoms with Crippen LogP contribution in [-0.2, 0) is 0 Å². The Morgan fingerprint density at radius 2 is 1.76 bits per heavy atom. The maximum atomic E-state index is 3.74. The minimum Gasteiger partial charge on any atom is -0.311 e. The molecule has 3 rings (SSSR count). The van der Waals surface area contributed by atoms with Crippen molar-refractivity contribution in [3.05, 3.63) is 0 Å². The van der Waals surface area contributed by atoms with Crippen molar-refractivity contribution in [2.75, 3.05) is 20.1 Å². The van der Waals surface area contributed by atoms with Crippen molar-refractivity contribution in [3.63, 3.8) is 0 Å². The third-order valence-corrected chi connectivity index (χ3v) is 5.31. The molecule has 1 N–H and O–H groups in total. The Kier molecular flexibility index (Phi) is 3.45. The monoisotopic (exact) mass is 236 g/mol. The Morgan fingerprint density at radius 1 is 1.12 bits per heavy atom. The van der Waals surface area contributed by atoms with Gasteiger partial charge in [0.05, 0.1) is 0 Å². The highest BCUT2D eigenvalue weighted by atomic mass is 15.1. The van der Waals surface area contributed by atoms with Gasteiger partial charge in [-0.15, -0.1) is 0 Å². The van der Waals surface area contributed by atoms with E-state index in [-0.39, 0.29) is 0 Å². The molecule has 4 unspecified atom stereocenters. The van der Waals surface area contributed by atoms with Gasteiger partial charge in [0.1, 0.15) is 0 Å². The van der Waals surface area contributed by atoms with Crippen molar-refractivity contribution in [2.24, 2.45) is 17.8 Å². The summed E-state index contributed by atoms with van der Waals surface area (Å²) in [7, 11) is 2.32. The summed E-state index contributed by atoms with van der Waals surface area (Å²) in [5, 5.41) is 3.74. The quantitative estimate of drug-likeness (QED) is 0.789. The maximum absolute atomic E-state index is 3.74. The zero-order chi connectivity index (χ0) is 11.8. The fourth-order valence-corrected chi connectivity index (χ4v) is 3.96. The van der Waals surface area contributed by atoms with Gasteiger partial charge in [-0.25, -0.2) is 0 Å². The molecule has 0 aromatic heterocycles. The molecule has 0 spiro atoms. The highest BCUT2D eigenvalue weighted by molar-refractivity contribution is 4.92. The van der Waals surface area contributed by atoms with Crippen LogP contribution in [0.25, 0.3) is 0 Å². The summed E-state index contributed by atoms with van der Waals surface area (Å²) in [6.07, 6.45) is 8.69. The van der Waals surface area contributed by atoms with Crippen molar-refractivity contribution in [1.29, 1.82) is 0 Å². The van der Waals surface area contributed by atoms with Crippen molar-refractivity contribution >= 4 is 0 Å². The van der Waals surface area contributed by atoms with Gasteiger partial charge in [-0.05, 0) is 69.9 Å². The number of nitrogens with zero attached hydrogens (tertiary/aromatic N) is 1. The van der Waals surface area contributed by atoms with Gasteiger partial charge in [0.2, 0.25) is 0 Å². The van der Waals surface area contributed by atoms with Crippen LogP contribution in [0.1, 0.15) is 45.4 Å². The lowest BCUT2D eigenvalue weighted by Crippen LogP contribution is -2.39. The summed E-state index contributed by atoms with van der Waals surface area (Å²) in [6, 6.07) is 1.74. The maximum Gasteiger partial charge on any atom is 0.00728 e. The van der Waals surface area contributed by atoms with Crippen LogP contribution in [0, 0.1) is 17.8 Å². The van der Waals surface area contributed by atoms with Crippen molar-refractivity contribution in [2.45, 2.75) is 57.5 Å². The summed E-state index contributed by atoms with van der Waals surface area (Å²) in [4.78, 5) is 2.58. The molecule has 98 valence electrons. The molecule has 2 bridgehead atoms. The van der Waals surface area contributed by atoms with E-state index in [0.717, 1.165) is 29.8 Å². The number of hydrogen-bond donors (Lipinski definition) is 1. The van der Waals surface area contributed by atoms with Gasteiger partial charge in [0.15, 0.2) is 0 Å². The lowest BCUT2D eigenvalue weighted by atomic mass is 9.89. The summed E-state index contributed by atoms with van der Waals surface area (Å²) >= 11 is 0. The molecular weight excluding hydrogens is 208 g/mol. The van der Waals surface area contributed by atoms with Gasteiger partial charge in [-0.3, -0.25) is 0 Å². The summed E-state index contributed by atoms with van der Waals surface area (Å²) in [6.45, 7) is 5.06. The third kappa shape index (κ3) is 3.03. The number of piperidine rings is 1. The zero-order valence-corrected chi connectivity index (χ0v) is 11.5. The number of hydrogen-bond acceptors (Lipinski definition) is 2. The molecule has 2 heteroatoms. The molecule has 3 aliphatic rings. The average Bonchev–Trinajstić information content (AvgIpc) is 2.88. The fraction of sp³-hybridized carbons (Fsp3) is 1.00. The second kappa shape index (κ2) is 4.89. The lowest BCUT2D eigenvalue weighted by molar-refractivity contribution is 0.236. The van der Waals surface area contributed by atoms with E-state index in [9.17, 15) is 0 Å². The lowest BCUT2D eigenvalue weighted by Gasteiger charge is -2.30. The molecule has 2 aliphatic heterocycles. The molecule has 0 aromatic rings. The van der Waals surface area contributed by atoms with Crippen LogP contribution in [0.2, 0.25) is 0 Å². The molecule has 1 saturated carbocycles. The summed E-state index contributed by atoms with van der Waals surface area (Å²) in [5.74, 6) is 3.03.